The number of hydrogen-bond donors (Lipinski definition) is 1. The summed E-state index contributed by atoms with van der Waals surface area (Å²) in [6.45, 7) is 1.93. The second-order valence-corrected chi connectivity index (χ2v) is 5.64. The monoisotopic (exact) mass is 292 g/mol. The molecule has 1 unspecified atom stereocenters. The Morgan fingerprint density at radius 1 is 1.65 bits per heavy atom. The minimum Gasteiger partial charge on any atom is -0.337 e. The van der Waals surface area contributed by atoms with E-state index in [4.69, 9.17) is 0 Å². The summed E-state index contributed by atoms with van der Waals surface area (Å²) in [6.07, 6.45) is 3.07. The number of nitrogens with one attached hydrogen (secondary N) is 1. The van der Waals surface area contributed by atoms with Crippen molar-refractivity contribution in [3.05, 3.63) is 16.3 Å². The van der Waals surface area contributed by atoms with Gasteiger partial charge in [0, 0.05) is 24.5 Å². The van der Waals surface area contributed by atoms with Crippen molar-refractivity contribution in [2.75, 3.05) is 26.4 Å². The summed E-state index contributed by atoms with van der Waals surface area (Å²) >= 11 is 3.17. The summed E-state index contributed by atoms with van der Waals surface area (Å²) < 4.78 is 0. The molecule has 1 fully saturated rings. The maximum Gasteiger partial charge on any atom is 0.265 e. The molecule has 1 aliphatic rings. The largest absolute Gasteiger partial charge is 0.337 e. The fourth-order valence-electron chi connectivity index (χ4n) is 1.91. The molecule has 1 aromatic rings. The highest BCUT2D eigenvalue weighted by atomic mass is 35.5. The Labute approximate surface area is 116 Å². The highest BCUT2D eigenvalue weighted by Gasteiger charge is 2.25. The molecule has 2 heterocycles. The molecule has 1 atom stereocenters. The van der Waals surface area contributed by atoms with Crippen molar-refractivity contribution < 1.29 is 4.79 Å². The molecule has 0 bridgehead atoms. The van der Waals surface area contributed by atoms with Gasteiger partial charge in [-0.3, -0.25) is 4.79 Å². The maximum atomic E-state index is 12.3. The molecule has 6 heteroatoms. The molecule has 2 rings (SSSR count). The predicted octanol–water partition coefficient (Wildman–Crippen LogP) is 2.33. The molecule has 0 radical (unpaired) electrons. The van der Waals surface area contributed by atoms with Crippen molar-refractivity contribution in [2.45, 2.75) is 17.4 Å². The summed E-state index contributed by atoms with van der Waals surface area (Å²) in [5, 5.41) is 5.27. The maximum absolute atomic E-state index is 12.3. The van der Waals surface area contributed by atoms with E-state index in [2.05, 4.69) is 5.32 Å². The van der Waals surface area contributed by atoms with Crippen LogP contribution in [0.15, 0.2) is 16.3 Å². The molecule has 96 valence electrons. The molecule has 1 N–H and O–H groups in total. The van der Waals surface area contributed by atoms with Gasteiger partial charge in [-0.2, -0.15) is 0 Å². The second-order valence-electron chi connectivity index (χ2n) is 3.88. The lowest BCUT2D eigenvalue weighted by Gasteiger charge is -2.23. The third kappa shape index (κ3) is 3.16. The summed E-state index contributed by atoms with van der Waals surface area (Å²) in [5.74, 6) is 0.160. The Bertz CT molecular complexity index is 377. The fraction of sp³-hybridized carbons (Fsp3) is 0.545. The number of likely N-dealkylation sites (N-methyl/N-ethyl adjacent to an activating group) is 1. The van der Waals surface area contributed by atoms with E-state index in [9.17, 15) is 4.79 Å². The first kappa shape index (κ1) is 14.8. The number of amides is 1. The van der Waals surface area contributed by atoms with Crippen molar-refractivity contribution in [1.29, 1.82) is 0 Å². The average Bonchev–Trinajstić information content (AvgIpc) is 2.97. The van der Waals surface area contributed by atoms with Gasteiger partial charge in [0.15, 0.2) is 0 Å². The van der Waals surface area contributed by atoms with Crippen molar-refractivity contribution >= 4 is 41.4 Å². The predicted molar refractivity (Wildman–Crippen MR) is 76.7 cm³/mol. The average molecular weight is 293 g/mol. The zero-order chi connectivity index (χ0) is 11.5. The molecule has 1 aliphatic heterocycles. The Kier molecular flexibility index (Phi) is 5.79. The van der Waals surface area contributed by atoms with Gasteiger partial charge >= 0.3 is 0 Å². The highest BCUT2D eigenvalue weighted by Crippen LogP contribution is 2.27. The van der Waals surface area contributed by atoms with Crippen LogP contribution in [0, 0.1) is 0 Å². The fourth-order valence-corrected chi connectivity index (χ4v) is 3.64. The molecule has 17 heavy (non-hydrogen) atoms. The topological polar surface area (TPSA) is 32.3 Å². The van der Waals surface area contributed by atoms with Crippen LogP contribution in [0.25, 0.3) is 0 Å². The summed E-state index contributed by atoms with van der Waals surface area (Å²) in [4.78, 5) is 16.1. The van der Waals surface area contributed by atoms with Gasteiger partial charge in [0.05, 0.1) is 0 Å². The van der Waals surface area contributed by atoms with Crippen molar-refractivity contribution in [3.8, 4) is 0 Å². The first-order chi connectivity index (χ1) is 7.74. The van der Waals surface area contributed by atoms with Crippen LogP contribution in [0.4, 0.5) is 0 Å². The van der Waals surface area contributed by atoms with E-state index in [1.54, 1.807) is 11.8 Å². The van der Waals surface area contributed by atoms with Crippen LogP contribution in [0.3, 0.4) is 0 Å². The molecular weight excluding hydrogens is 276 g/mol. The van der Waals surface area contributed by atoms with Crippen LogP contribution in [0.1, 0.15) is 16.1 Å². The molecule has 3 nitrogen and oxygen atoms in total. The molecule has 1 aromatic heterocycles. The third-order valence-electron chi connectivity index (χ3n) is 2.95. The van der Waals surface area contributed by atoms with Crippen LogP contribution in [-0.4, -0.2) is 43.2 Å². The van der Waals surface area contributed by atoms with E-state index < -0.39 is 0 Å². The highest BCUT2D eigenvalue weighted by molar-refractivity contribution is 7.98. The second kappa shape index (κ2) is 6.64. The first-order valence-corrected chi connectivity index (χ1v) is 7.44. The number of halogens is 1. The van der Waals surface area contributed by atoms with Gasteiger partial charge < -0.3 is 10.2 Å². The van der Waals surface area contributed by atoms with Gasteiger partial charge in [0.25, 0.3) is 5.91 Å². The Morgan fingerprint density at radius 2 is 2.41 bits per heavy atom. The van der Waals surface area contributed by atoms with Gasteiger partial charge in [0.1, 0.15) is 4.88 Å². The Balaban J connectivity index is 0.00000144. The lowest BCUT2D eigenvalue weighted by atomic mass is 10.2. The lowest BCUT2D eigenvalue weighted by Crippen LogP contribution is -2.38. The van der Waals surface area contributed by atoms with Crippen LogP contribution in [-0.2, 0) is 0 Å². The quantitative estimate of drug-likeness (QED) is 0.868. The normalized spacial score (nSPS) is 18.8. The molecular formula is C11H17ClN2OS2. The van der Waals surface area contributed by atoms with E-state index in [1.165, 1.54) is 11.3 Å². The molecule has 1 saturated heterocycles. The first-order valence-electron chi connectivity index (χ1n) is 5.33. The molecule has 0 aromatic carbocycles. The standard InChI is InChI=1S/C11H16N2OS2.ClH/c1-13(8-3-5-12-7-8)11(14)10-9(15-2)4-6-16-10;/h4,6,8,12H,3,5,7H2,1-2H3;1H. The summed E-state index contributed by atoms with van der Waals surface area (Å²) in [7, 11) is 1.91. The summed E-state index contributed by atoms with van der Waals surface area (Å²) in [5.41, 5.74) is 0. The number of thiophene rings is 1. The van der Waals surface area contributed by atoms with E-state index in [1.807, 2.05) is 29.6 Å². The smallest absolute Gasteiger partial charge is 0.265 e. The van der Waals surface area contributed by atoms with E-state index in [0.29, 0.717) is 6.04 Å². The zero-order valence-electron chi connectivity index (χ0n) is 9.93. The molecule has 1 amide bonds. The lowest BCUT2D eigenvalue weighted by molar-refractivity contribution is 0.0745. The minimum atomic E-state index is 0. The van der Waals surface area contributed by atoms with Gasteiger partial charge in [-0.25, -0.2) is 0 Å². The van der Waals surface area contributed by atoms with Crippen LogP contribution < -0.4 is 5.32 Å². The number of rotatable bonds is 3. The molecule has 0 aliphatic carbocycles. The minimum absolute atomic E-state index is 0. The van der Waals surface area contributed by atoms with E-state index >= 15 is 0 Å². The molecule has 0 saturated carbocycles. The van der Waals surface area contributed by atoms with Gasteiger partial charge in [-0.1, -0.05) is 0 Å². The number of hydrogen-bond acceptors (Lipinski definition) is 4. The van der Waals surface area contributed by atoms with Crippen LogP contribution in [0.2, 0.25) is 0 Å². The number of carbonyl (C=O) groups excluding carboxylic acids is 1. The van der Waals surface area contributed by atoms with Gasteiger partial charge in [-0.15, -0.1) is 35.5 Å². The van der Waals surface area contributed by atoms with Crippen LogP contribution in [0.5, 0.6) is 0 Å². The Morgan fingerprint density at radius 3 is 3.00 bits per heavy atom. The summed E-state index contributed by atoms with van der Waals surface area (Å²) in [6, 6.07) is 2.37. The van der Waals surface area contributed by atoms with E-state index in [0.717, 1.165) is 29.3 Å². The van der Waals surface area contributed by atoms with Crippen molar-refractivity contribution in [2.24, 2.45) is 0 Å². The third-order valence-corrected chi connectivity index (χ3v) is 4.76. The Hall–Kier alpha value is -0.230. The van der Waals surface area contributed by atoms with Crippen molar-refractivity contribution in [1.82, 2.24) is 10.2 Å². The number of thioether (sulfide) groups is 1. The van der Waals surface area contributed by atoms with Gasteiger partial charge in [-0.05, 0) is 30.7 Å². The van der Waals surface area contributed by atoms with E-state index in [-0.39, 0.29) is 18.3 Å². The van der Waals surface area contributed by atoms with Crippen molar-refractivity contribution in [3.63, 3.8) is 0 Å². The molecule has 0 spiro atoms. The van der Waals surface area contributed by atoms with Crippen LogP contribution >= 0.6 is 35.5 Å². The SMILES string of the molecule is CSc1ccsc1C(=O)N(C)C1CCNC1.Cl. The number of nitrogens with zero attached hydrogens (tertiary/aromatic N) is 1. The zero-order valence-corrected chi connectivity index (χ0v) is 12.4. The number of carbonyl (C=O) groups is 1. The van der Waals surface area contributed by atoms with Gasteiger partial charge in [0.2, 0.25) is 0 Å².